The predicted molar refractivity (Wildman–Crippen MR) is 101 cm³/mol. The van der Waals surface area contributed by atoms with E-state index in [9.17, 15) is 35.9 Å². The highest BCUT2D eigenvalue weighted by atomic mass is 35.5. The maximum atomic E-state index is 13.2. The van der Waals surface area contributed by atoms with E-state index >= 15 is 0 Å². The molecule has 0 bridgehead atoms. The first-order valence-electron chi connectivity index (χ1n) is 8.55. The molecule has 7 nitrogen and oxygen atoms in total. The molecule has 2 N–H and O–H groups in total. The van der Waals surface area contributed by atoms with Crippen molar-refractivity contribution in [1.29, 1.82) is 0 Å². The molecule has 0 radical (unpaired) electrons. The Labute approximate surface area is 181 Å². The summed E-state index contributed by atoms with van der Waals surface area (Å²) in [4.78, 5) is 32.3. The van der Waals surface area contributed by atoms with E-state index in [1.165, 1.54) is 20.8 Å². The molecular weight excluding hydrogens is 470 g/mol. The van der Waals surface area contributed by atoms with Crippen LogP contribution < -0.4 is 11.3 Å². The van der Waals surface area contributed by atoms with Crippen LogP contribution in [0.25, 0.3) is 5.69 Å². The molecule has 0 aliphatic rings. The Balaban J connectivity index is 2.77. The Morgan fingerprint density at radius 3 is 2.16 bits per heavy atom. The second-order valence-electron chi connectivity index (χ2n) is 7.44. The fraction of sp³-hybridized carbons (Fsp3) is 0.333. The van der Waals surface area contributed by atoms with E-state index in [1.54, 1.807) is 0 Å². The lowest BCUT2D eigenvalue weighted by atomic mass is 9.98. The zero-order valence-corrected chi connectivity index (χ0v) is 17.4. The molecule has 0 amide bonds. The van der Waals surface area contributed by atoms with Gasteiger partial charge in [-0.25, -0.2) is 4.79 Å². The van der Waals surface area contributed by atoms with Gasteiger partial charge in [0.15, 0.2) is 5.84 Å². The fourth-order valence-electron chi connectivity index (χ4n) is 2.14. The summed E-state index contributed by atoms with van der Waals surface area (Å²) in [6, 6.07) is 0.665. The van der Waals surface area contributed by atoms with Crippen LogP contribution in [0.2, 0.25) is 5.02 Å². The van der Waals surface area contributed by atoms with Gasteiger partial charge in [0.25, 0.3) is 5.56 Å². The topological polar surface area (TPSA) is 99.6 Å². The van der Waals surface area contributed by atoms with Gasteiger partial charge in [0.2, 0.25) is 0 Å². The number of aromatic nitrogens is 2. The van der Waals surface area contributed by atoms with E-state index in [2.05, 4.69) is 15.0 Å². The maximum absolute atomic E-state index is 13.2. The molecule has 32 heavy (non-hydrogen) atoms. The molecule has 0 saturated carbocycles. The number of rotatable bonds is 3. The molecule has 2 rings (SSSR count). The van der Waals surface area contributed by atoms with E-state index in [-0.39, 0.29) is 10.8 Å². The summed E-state index contributed by atoms with van der Waals surface area (Å²) in [5.41, 5.74) is -0.923. The number of carbonyl (C=O) groups is 1. The zero-order chi connectivity index (χ0) is 24.6. The summed E-state index contributed by atoms with van der Waals surface area (Å²) in [7, 11) is 0. The molecule has 0 spiro atoms. The van der Waals surface area contributed by atoms with Gasteiger partial charge in [0, 0.05) is 12.4 Å². The quantitative estimate of drug-likeness (QED) is 0.232. The summed E-state index contributed by atoms with van der Waals surface area (Å²) in [6.07, 6.45) is -9.37. The Morgan fingerprint density at radius 1 is 1.09 bits per heavy atom. The van der Waals surface area contributed by atoms with E-state index in [0.29, 0.717) is 18.3 Å². The van der Waals surface area contributed by atoms with Crippen molar-refractivity contribution in [1.82, 2.24) is 9.55 Å². The predicted octanol–water partition coefficient (Wildman–Crippen LogP) is 4.13. The highest BCUT2D eigenvalue weighted by Crippen LogP contribution is 2.33. The van der Waals surface area contributed by atoms with Crippen molar-refractivity contribution in [2.75, 3.05) is 0 Å². The van der Waals surface area contributed by atoms with Gasteiger partial charge in [-0.15, -0.1) is 0 Å². The van der Waals surface area contributed by atoms with Crippen molar-refractivity contribution in [3.63, 3.8) is 0 Å². The van der Waals surface area contributed by atoms with Gasteiger partial charge in [0.05, 0.1) is 22.2 Å². The smallest absolute Gasteiger partial charge is 0.379 e. The van der Waals surface area contributed by atoms with Crippen molar-refractivity contribution in [2.24, 2.45) is 16.3 Å². The van der Waals surface area contributed by atoms with Crippen molar-refractivity contribution >= 4 is 23.4 Å². The van der Waals surface area contributed by atoms with Crippen LogP contribution in [0.5, 0.6) is 0 Å². The highest BCUT2D eigenvalue weighted by Gasteiger charge is 2.35. The fourth-order valence-corrected chi connectivity index (χ4v) is 2.35. The Kier molecular flexibility index (Phi) is 6.65. The van der Waals surface area contributed by atoms with E-state index < -0.39 is 62.7 Å². The highest BCUT2D eigenvalue weighted by molar-refractivity contribution is 6.30. The molecule has 0 fully saturated rings. The van der Waals surface area contributed by atoms with Gasteiger partial charge in [0.1, 0.15) is 10.7 Å². The Morgan fingerprint density at radius 2 is 1.66 bits per heavy atom. The number of alkyl halides is 6. The maximum Gasteiger partial charge on any atom is 0.417 e. The molecule has 0 aliphatic carbocycles. The molecule has 2 aromatic heterocycles. The number of carbonyl (C=O) groups excluding carboxylic acids is 1. The van der Waals surface area contributed by atoms with Crippen molar-refractivity contribution < 1.29 is 36.0 Å². The molecule has 0 aromatic carbocycles. The minimum atomic E-state index is -4.98. The Bertz CT molecular complexity index is 1130. The first kappa shape index (κ1) is 25.2. The minimum Gasteiger partial charge on any atom is -0.379 e. The largest absolute Gasteiger partial charge is 0.417 e. The molecule has 0 unspecified atom stereocenters. The van der Waals surface area contributed by atoms with E-state index in [1.807, 2.05) is 0 Å². The summed E-state index contributed by atoms with van der Waals surface area (Å²) < 4.78 is 79.3. The van der Waals surface area contributed by atoms with Crippen LogP contribution in [0.3, 0.4) is 0 Å². The minimum absolute atomic E-state index is 0.205. The van der Waals surface area contributed by atoms with Crippen LogP contribution in [-0.4, -0.2) is 21.4 Å². The normalized spacial score (nSPS) is 13.2. The van der Waals surface area contributed by atoms with Crippen molar-refractivity contribution in [3.8, 4) is 5.69 Å². The zero-order valence-electron chi connectivity index (χ0n) is 16.6. The van der Waals surface area contributed by atoms with Crippen molar-refractivity contribution in [3.05, 3.63) is 56.7 Å². The van der Waals surface area contributed by atoms with Crippen LogP contribution in [-0.2, 0) is 22.0 Å². The molecule has 2 heterocycles. The van der Waals surface area contributed by atoms with Gasteiger partial charge in [-0.3, -0.25) is 14.3 Å². The van der Waals surface area contributed by atoms with Crippen molar-refractivity contribution in [2.45, 2.75) is 33.1 Å². The number of pyridine rings is 2. The van der Waals surface area contributed by atoms with Crippen LogP contribution in [0.1, 0.15) is 37.6 Å². The molecule has 14 heteroatoms. The summed E-state index contributed by atoms with van der Waals surface area (Å²) in [6.45, 7) is 4.44. The summed E-state index contributed by atoms with van der Waals surface area (Å²) in [5.74, 6) is -1.64. The summed E-state index contributed by atoms with van der Waals surface area (Å²) >= 11 is 5.58. The lowest BCUT2D eigenvalue weighted by molar-refractivity contribution is -0.153. The number of nitrogens with two attached hydrogens (primary N) is 1. The number of amidine groups is 1. The number of oxime groups is 1. The van der Waals surface area contributed by atoms with Crippen LogP contribution in [0.15, 0.2) is 34.5 Å². The van der Waals surface area contributed by atoms with Gasteiger partial charge in [-0.1, -0.05) is 16.8 Å². The molecule has 0 saturated heterocycles. The standard InChI is InChI=1S/C18H15ClF6N4O3/c1-16(2,3)15(31)32-28-13(26)12-11(5-8(6-27-12)17(20,21)22)29-7-9(18(23,24)25)4-10(19)14(29)30/h4-7H,1-3H3,(H2,26,28). The van der Waals surface area contributed by atoms with Gasteiger partial charge in [-0.05, 0) is 32.9 Å². The molecule has 0 aliphatic heterocycles. The third kappa shape index (κ3) is 5.58. The van der Waals surface area contributed by atoms with Gasteiger partial charge < -0.3 is 10.6 Å². The van der Waals surface area contributed by atoms with E-state index in [4.69, 9.17) is 17.3 Å². The van der Waals surface area contributed by atoms with Gasteiger partial charge in [-0.2, -0.15) is 26.3 Å². The molecule has 174 valence electrons. The third-order valence-electron chi connectivity index (χ3n) is 3.84. The number of halogens is 7. The number of nitrogens with zero attached hydrogens (tertiary/aromatic N) is 3. The Hall–Kier alpha value is -3.09. The SMILES string of the molecule is CC(C)(C)C(=O)O/N=C(\N)c1ncc(C(F)(F)F)cc1-n1cc(C(F)(F)F)cc(Cl)c1=O. The molecule has 0 atom stereocenters. The second kappa shape index (κ2) is 8.45. The second-order valence-corrected chi connectivity index (χ2v) is 7.85. The van der Waals surface area contributed by atoms with Crippen LogP contribution >= 0.6 is 11.6 Å². The van der Waals surface area contributed by atoms with E-state index in [0.717, 1.165) is 0 Å². The molecule has 2 aromatic rings. The summed E-state index contributed by atoms with van der Waals surface area (Å²) in [5, 5.41) is 2.37. The lowest BCUT2D eigenvalue weighted by Crippen LogP contribution is -2.27. The van der Waals surface area contributed by atoms with Crippen LogP contribution in [0, 0.1) is 5.41 Å². The van der Waals surface area contributed by atoms with Gasteiger partial charge >= 0.3 is 18.3 Å². The number of hydrogen-bond acceptors (Lipinski definition) is 5. The average Bonchev–Trinajstić information content (AvgIpc) is 2.65. The third-order valence-corrected chi connectivity index (χ3v) is 4.11. The molecular formula is C18H15ClF6N4O3. The first-order valence-corrected chi connectivity index (χ1v) is 8.93. The van der Waals surface area contributed by atoms with Crippen LogP contribution in [0.4, 0.5) is 26.3 Å². The average molecular weight is 485 g/mol. The lowest BCUT2D eigenvalue weighted by Gasteiger charge is -2.17. The number of hydrogen-bond donors (Lipinski definition) is 1. The monoisotopic (exact) mass is 484 g/mol. The first-order chi connectivity index (χ1) is 14.4.